The highest BCUT2D eigenvalue weighted by Gasteiger charge is 2.22. The molecule has 1 aromatic rings. The zero-order chi connectivity index (χ0) is 16.0. The van der Waals surface area contributed by atoms with E-state index in [9.17, 15) is 13.2 Å². The molecule has 0 N–H and O–H groups in total. The lowest BCUT2D eigenvalue weighted by molar-refractivity contribution is -0.133. The van der Waals surface area contributed by atoms with E-state index < -0.39 is 9.84 Å². The molecular formula is C15H22BrNO3S. The quantitative estimate of drug-likeness (QED) is 0.735. The first-order valence-electron chi connectivity index (χ1n) is 6.98. The van der Waals surface area contributed by atoms with Crippen molar-refractivity contribution in [1.29, 1.82) is 0 Å². The smallest absolute Gasteiger partial charge is 0.224 e. The first kappa shape index (κ1) is 18.2. The molecule has 4 nitrogen and oxygen atoms in total. The van der Waals surface area contributed by atoms with E-state index in [1.807, 2.05) is 38.1 Å². The van der Waals surface area contributed by atoms with Gasteiger partial charge in [-0.25, -0.2) is 8.42 Å². The van der Waals surface area contributed by atoms with Crippen molar-refractivity contribution >= 4 is 31.7 Å². The molecule has 0 aliphatic heterocycles. The van der Waals surface area contributed by atoms with Crippen LogP contribution in [0.1, 0.15) is 38.3 Å². The lowest BCUT2D eigenvalue weighted by Gasteiger charge is -2.30. The summed E-state index contributed by atoms with van der Waals surface area (Å²) in [4.78, 5) is 14.1. The summed E-state index contributed by atoms with van der Waals surface area (Å²) in [5.41, 5.74) is 1.03. The highest BCUT2D eigenvalue weighted by molar-refractivity contribution is 9.10. The van der Waals surface area contributed by atoms with E-state index in [2.05, 4.69) is 15.9 Å². The fourth-order valence-electron chi connectivity index (χ4n) is 2.17. The van der Waals surface area contributed by atoms with E-state index in [4.69, 9.17) is 0 Å². The number of rotatable bonds is 7. The number of hydrogen-bond donors (Lipinski definition) is 0. The van der Waals surface area contributed by atoms with E-state index in [0.29, 0.717) is 6.54 Å². The van der Waals surface area contributed by atoms with E-state index >= 15 is 0 Å². The number of carbonyl (C=O) groups excluding carboxylic acids is 1. The maximum Gasteiger partial charge on any atom is 0.224 e. The third-order valence-electron chi connectivity index (χ3n) is 3.29. The minimum atomic E-state index is -3.12. The van der Waals surface area contributed by atoms with Crippen LogP contribution in [0.4, 0.5) is 0 Å². The van der Waals surface area contributed by atoms with Gasteiger partial charge in [0.05, 0.1) is 11.8 Å². The predicted molar refractivity (Wildman–Crippen MR) is 88.9 cm³/mol. The van der Waals surface area contributed by atoms with Crippen molar-refractivity contribution < 1.29 is 13.2 Å². The Kier molecular flexibility index (Phi) is 6.87. The second-order valence-corrected chi connectivity index (χ2v) is 8.28. The Labute approximate surface area is 135 Å². The first-order valence-corrected chi connectivity index (χ1v) is 9.83. The van der Waals surface area contributed by atoms with Crippen LogP contribution in [-0.2, 0) is 14.6 Å². The van der Waals surface area contributed by atoms with E-state index in [1.54, 1.807) is 4.90 Å². The number of benzene rings is 1. The molecule has 1 atom stereocenters. The fourth-order valence-corrected chi connectivity index (χ4v) is 3.33. The topological polar surface area (TPSA) is 54.5 Å². The highest BCUT2D eigenvalue weighted by Crippen LogP contribution is 2.28. The molecule has 0 aliphatic carbocycles. The third kappa shape index (κ3) is 5.79. The molecule has 6 heteroatoms. The van der Waals surface area contributed by atoms with Gasteiger partial charge in [-0.2, -0.15) is 0 Å². The summed E-state index contributed by atoms with van der Waals surface area (Å²) < 4.78 is 23.4. The largest absolute Gasteiger partial charge is 0.336 e. The van der Waals surface area contributed by atoms with Crippen molar-refractivity contribution in [2.45, 2.75) is 32.7 Å². The molecule has 1 unspecified atom stereocenters. The van der Waals surface area contributed by atoms with Crippen molar-refractivity contribution in [2.75, 3.05) is 18.6 Å². The van der Waals surface area contributed by atoms with Gasteiger partial charge in [-0.1, -0.05) is 41.1 Å². The Morgan fingerprint density at radius 2 is 1.95 bits per heavy atom. The second kappa shape index (κ2) is 7.94. The van der Waals surface area contributed by atoms with Crippen LogP contribution in [0.5, 0.6) is 0 Å². The number of halogens is 1. The van der Waals surface area contributed by atoms with Crippen molar-refractivity contribution in [2.24, 2.45) is 0 Å². The van der Waals surface area contributed by atoms with Crippen LogP contribution in [-0.4, -0.2) is 37.8 Å². The SMILES string of the molecule is CCCN(C(=O)CCS(C)(=O)=O)C(C)c1ccccc1Br. The lowest BCUT2D eigenvalue weighted by Crippen LogP contribution is -2.35. The normalized spacial score (nSPS) is 13.0. The van der Waals surface area contributed by atoms with Gasteiger partial charge in [-0.05, 0) is 25.0 Å². The Bertz CT molecular complexity index is 586. The molecule has 0 saturated carbocycles. The van der Waals surface area contributed by atoms with Gasteiger partial charge in [0.2, 0.25) is 5.91 Å². The van der Waals surface area contributed by atoms with Crippen LogP contribution in [0.15, 0.2) is 28.7 Å². The van der Waals surface area contributed by atoms with E-state index in [1.165, 1.54) is 0 Å². The van der Waals surface area contributed by atoms with Crippen molar-refractivity contribution in [1.82, 2.24) is 4.90 Å². The van der Waals surface area contributed by atoms with Gasteiger partial charge in [-0.3, -0.25) is 4.79 Å². The summed E-state index contributed by atoms with van der Waals surface area (Å²) in [6.45, 7) is 4.59. The molecule has 1 amide bonds. The summed E-state index contributed by atoms with van der Waals surface area (Å²) in [6.07, 6.45) is 2.02. The average Bonchev–Trinajstić information content (AvgIpc) is 2.41. The second-order valence-electron chi connectivity index (χ2n) is 5.16. The van der Waals surface area contributed by atoms with Gasteiger partial charge < -0.3 is 4.90 Å². The Balaban J connectivity index is 2.90. The van der Waals surface area contributed by atoms with Gasteiger partial charge in [-0.15, -0.1) is 0 Å². The fraction of sp³-hybridized carbons (Fsp3) is 0.533. The van der Waals surface area contributed by atoms with Crippen LogP contribution >= 0.6 is 15.9 Å². The zero-order valence-electron chi connectivity index (χ0n) is 12.7. The van der Waals surface area contributed by atoms with Gasteiger partial charge in [0.25, 0.3) is 0 Å². The number of nitrogens with zero attached hydrogens (tertiary/aromatic N) is 1. The van der Waals surface area contributed by atoms with Crippen LogP contribution in [0, 0.1) is 0 Å². The van der Waals surface area contributed by atoms with Crippen molar-refractivity contribution in [3.63, 3.8) is 0 Å². The summed E-state index contributed by atoms with van der Waals surface area (Å²) in [6, 6.07) is 7.68. The summed E-state index contributed by atoms with van der Waals surface area (Å²) in [7, 11) is -3.12. The Hall–Kier alpha value is -0.880. The van der Waals surface area contributed by atoms with Crippen molar-refractivity contribution in [3.8, 4) is 0 Å². The maximum absolute atomic E-state index is 12.4. The van der Waals surface area contributed by atoms with E-state index in [0.717, 1.165) is 22.7 Å². The molecule has 1 rings (SSSR count). The van der Waals surface area contributed by atoms with Gasteiger partial charge in [0.1, 0.15) is 9.84 Å². The summed E-state index contributed by atoms with van der Waals surface area (Å²) in [5.74, 6) is -0.222. The van der Waals surface area contributed by atoms with Gasteiger partial charge in [0.15, 0.2) is 0 Å². The molecule has 1 aromatic carbocycles. The molecule has 118 valence electrons. The number of hydrogen-bond acceptors (Lipinski definition) is 3. The molecular weight excluding hydrogens is 354 g/mol. The molecule has 0 saturated heterocycles. The summed E-state index contributed by atoms with van der Waals surface area (Å²) in [5, 5.41) is 0. The molecule has 0 fully saturated rings. The maximum atomic E-state index is 12.4. The molecule has 0 aromatic heterocycles. The average molecular weight is 376 g/mol. The first-order chi connectivity index (χ1) is 9.76. The molecule has 0 aliphatic rings. The Morgan fingerprint density at radius 3 is 2.48 bits per heavy atom. The van der Waals surface area contributed by atoms with Crippen molar-refractivity contribution in [3.05, 3.63) is 34.3 Å². The van der Waals surface area contributed by atoms with Crippen LogP contribution < -0.4 is 0 Å². The standard InChI is InChI=1S/C15H22BrNO3S/c1-4-10-17(15(18)9-11-21(3,19)20)12(2)13-7-5-6-8-14(13)16/h5-8,12H,4,9-11H2,1-3H3. The number of carbonyl (C=O) groups is 1. The molecule has 0 heterocycles. The minimum absolute atomic E-state index is 0.0353. The third-order valence-corrected chi connectivity index (χ3v) is 4.96. The van der Waals surface area contributed by atoms with E-state index in [-0.39, 0.29) is 24.1 Å². The van der Waals surface area contributed by atoms with Crippen LogP contribution in [0.25, 0.3) is 0 Å². The lowest BCUT2D eigenvalue weighted by atomic mass is 10.1. The van der Waals surface area contributed by atoms with Gasteiger partial charge >= 0.3 is 0 Å². The Morgan fingerprint density at radius 1 is 1.33 bits per heavy atom. The van der Waals surface area contributed by atoms with Crippen LogP contribution in [0.2, 0.25) is 0 Å². The molecule has 0 radical (unpaired) electrons. The zero-order valence-corrected chi connectivity index (χ0v) is 15.1. The predicted octanol–water partition coefficient (Wildman–Crippen LogP) is 3.18. The molecule has 0 bridgehead atoms. The van der Waals surface area contributed by atoms with Crippen LogP contribution in [0.3, 0.4) is 0 Å². The number of sulfone groups is 1. The van der Waals surface area contributed by atoms with Gasteiger partial charge in [0, 0.05) is 23.7 Å². The highest BCUT2D eigenvalue weighted by atomic mass is 79.9. The minimum Gasteiger partial charge on any atom is -0.336 e. The molecule has 21 heavy (non-hydrogen) atoms. The summed E-state index contributed by atoms with van der Waals surface area (Å²) >= 11 is 3.50. The monoisotopic (exact) mass is 375 g/mol. The molecule has 0 spiro atoms. The number of amides is 1.